The molecule has 7 heteroatoms. The van der Waals surface area contributed by atoms with Crippen LogP contribution in [0.25, 0.3) is 5.57 Å². The van der Waals surface area contributed by atoms with Gasteiger partial charge in [0.25, 0.3) is 0 Å². The number of piperazine rings is 1. The van der Waals surface area contributed by atoms with Crippen molar-refractivity contribution in [1.82, 2.24) is 9.80 Å². The van der Waals surface area contributed by atoms with E-state index in [-0.39, 0.29) is 41.8 Å². The summed E-state index contributed by atoms with van der Waals surface area (Å²) in [5, 5.41) is 0. The summed E-state index contributed by atoms with van der Waals surface area (Å²) in [6.45, 7) is 5.69. The minimum atomic E-state index is -0.955. The summed E-state index contributed by atoms with van der Waals surface area (Å²) in [7, 11) is 0. The Morgan fingerprint density at radius 3 is 2.46 bits per heavy atom. The Labute approximate surface area is 203 Å². The molecule has 5 rings (SSSR count). The van der Waals surface area contributed by atoms with Crippen LogP contribution in [0.5, 0.6) is 0 Å². The first-order chi connectivity index (χ1) is 16.8. The van der Waals surface area contributed by atoms with Crippen molar-refractivity contribution in [3.8, 4) is 0 Å². The van der Waals surface area contributed by atoms with Gasteiger partial charge in [-0.05, 0) is 48.8 Å². The van der Waals surface area contributed by atoms with Crippen LogP contribution in [0.4, 0.5) is 4.39 Å². The number of rotatable bonds is 5. The van der Waals surface area contributed by atoms with Crippen LogP contribution in [0.15, 0.2) is 66.3 Å². The van der Waals surface area contributed by atoms with Gasteiger partial charge in [0.1, 0.15) is 18.5 Å². The molecule has 1 fully saturated rings. The molecule has 3 aliphatic rings. The van der Waals surface area contributed by atoms with Gasteiger partial charge in [-0.15, -0.1) is 0 Å². The smallest absolute Gasteiger partial charge is 0.248 e. The minimum Gasteiger partial charge on any atom is -0.356 e. The molecule has 0 bridgehead atoms. The summed E-state index contributed by atoms with van der Waals surface area (Å²) in [4.78, 5) is 42.8. The van der Waals surface area contributed by atoms with Crippen molar-refractivity contribution in [3.05, 3.63) is 88.8 Å². The monoisotopic (exact) mass is 474 g/mol. The molecule has 1 unspecified atom stereocenters. The Kier molecular flexibility index (Phi) is 6.21. The largest absolute Gasteiger partial charge is 0.356 e. The van der Waals surface area contributed by atoms with E-state index in [0.29, 0.717) is 30.8 Å². The van der Waals surface area contributed by atoms with E-state index in [9.17, 15) is 18.8 Å². The molecule has 180 valence electrons. The van der Waals surface area contributed by atoms with Gasteiger partial charge in [0.2, 0.25) is 5.91 Å². The number of allylic oxidation sites excluding steroid dienone is 2. The number of Topliss-reactive ketones (excluding diaryl/α,β-unsaturated/α-hetero) is 2. The number of benzene rings is 2. The third-order valence-corrected chi connectivity index (χ3v) is 7.02. The van der Waals surface area contributed by atoms with Gasteiger partial charge in [-0.1, -0.05) is 42.5 Å². The van der Waals surface area contributed by atoms with Gasteiger partial charge in [0, 0.05) is 37.3 Å². The van der Waals surface area contributed by atoms with Gasteiger partial charge in [-0.2, -0.15) is 0 Å². The number of ketones is 2. The number of fused-ring (bicyclic) bond motifs is 2. The second kappa shape index (κ2) is 9.32. The van der Waals surface area contributed by atoms with Crippen LogP contribution >= 0.6 is 0 Å². The predicted molar refractivity (Wildman–Crippen MR) is 129 cm³/mol. The summed E-state index contributed by atoms with van der Waals surface area (Å²) >= 11 is 0. The van der Waals surface area contributed by atoms with Crippen LogP contribution < -0.4 is 0 Å². The number of carbonyl (C=O) groups is 3. The average molecular weight is 475 g/mol. The zero-order valence-electron chi connectivity index (χ0n) is 19.7. The Balaban J connectivity index is 1.18. The maximum absolute atomic E-state index is 13.2. The fourth-order valence-electron chi connectivity index (χ4n) is 5.10. The SMILES string of the molecule is C[C@@H]1CN(Cc2ccc(F)cc2)[C@@H](C)CN1C(=O)COC1C=CC2=C(C(=O)c3ccccc32)C1=O. The van der Waals surface area contributed by atoms with Crippen LogP contribution in [-0.4, -0.2) is 65.2 Å². The molecule has 2 aliphatic carbocycles. The predicted octanol–water partition coefficient (Wildman–Crippen LogP) is 3.42. The van der Waals surface area contributed by atoms with Crippen molar-refractivity contribution in [1.29, 1.82) is 0 Å². The summed E-state index contributed by atoms with van der Waals surface area (Å²) in [5.74, 6) is -1.13. The van der Waals surface area contributed by atoms with Crippen LogP contribution in [0, 0.1) is 5.82 Å². The molecular formula is C28H27FN2O4. The number of hydrogen-bond acceptors (Lipinski definition) is 5. The molecule has 6 nitrogen and oxygen atoms in total. The van der Waals surface area contributed by atoms with Gasteiger partial charge in [0.05, 0.1) is 5.57 Å². The Hall–Kier alpha value is -3.42. The van der Waals surface area contributed by atoms with Gasteiger partial charge in [-0.3, -0.25) is 19.3 Å². The fourth-order valence-corrected chi connectivity index (χ4v) is 5.10. The highest BCUT2D eigenvalue weighted by Gasteiger charge is 2.39. The molecule has 2 aromatic rings. The van der Waals surface area contributed by atoms with E-state index in [0.717, 1.165) is 11.1 Å². The van der Waals surface area contributed by atoms with E-state index in [1.54, 1.807) is 41.3 Å². The highest BCUT2D eigenvalue weighted by atomic mass is 19.1. The van der Waals surface area contributed by atoms with Crippen molar-refractivity contribution in [2.75, 3.05) is 19.7 Å². The minimum absolute atomic E-state index is 0.0411. The lowest BCUT2D eigenvalue weighted by Crippen LogP contribution is -2.58. The third kappa shape index (κ3) is 4.37. The summed E-state index contributed by atoms with van der Waals surface area (Å²) in [6, 6.07) is 13.7. The van der Waals surface area contributed by atoms with E-state index in [1.807, 2.05) is 19.1 Å². The van der Waals surface area contributed by atoms with E-state index >= 15 is 0 Å². The molecule has 1 saturated heterocycles. The van der Waals surface area contributed by atoms with E-state index in [1.165, 1.54) is 12.1 Å². The van der Waals surface area contributed by atoms with Crippen LogP contribution in [0.1, 0.15) is 35.3 Å². The van der Waals surface area contributed by atoms with Gasteiger partial charge in [0.15, 0.2) is 11.6 Å². The molecule has 0 aromatic heterocycles. The summed E-state index contributed by atoms with van der Waals surface area (Å²) < 4.78 is 18.9. The molecule has 0 radical (unpaired) electrons. The zero-order valence-corrected chi connectivity index (χ0v) is 19.7. The molecule has 1 aliphatic heterocycles. The summed E-state index contributed by atoms with van der Waals surface area (Å²) in [6.07, 6.45) is 2.41. The second-order valence-electron chi connectivity index (χ2n) is 9.42. The van der Waals surface area contributed by atoms with Crippen LogP contribution in [0.2, 0.25) is 0 Å². The van der Waals surface area contributed by atoms with Gasteiger partial charge in [-0.25, -0.2) is 4.39 Å². The summed E-state index contributed by atoms with van der Waals surface area (Å²) in [5.41, 5.74) is 3.07. The second-order valence-corrected chi connectivity index (χ2v) is 9.42. The number of hydrogen-bond donors (Lipinski definition) is 0. The highest BCUT2D eigenvalue weighted by Crippen LogP contribution is 2.37. The molecule has 3 atom stereocenters. The van der Waals surface area contributed by atoms with Crippen LogP contribution in [-0.2, 0) is 20.9 Å². The molecule has 0 spiro atoms. The van der Waals surface area contributed by atoms with Crippen molar-refractivity contribution >= 4 is 23.0 Å². The van der Waals surface area contributed by atoms with E-state index in [4.69, 9.17) is 4.74 Å². The van der Waals surface area contributed by atoms with E-state index in [2.05, 4.69) is 11.8 Å². The quantitative estimate of drug-likeness (QED) is 0.622. The lowest BCUT2D eigenvalue weighted by atomic mass is 9.94. The first-order valence-electron chi connectivity index (χ1n) is 11.8. The number of nitrogens with zero attached hydrogens (tertiary/aromatic N) is 2. The number of ether oxygens (including phenoxy) is 1. The normalized spacial score (nSPS) is 24.1. The van der Waals surface area contributed by atoms with Gasteiger partial charge < -0.3 is 9.64 Å². The Bertz CT molecular complexity index is 1250. The average Bonchev–Trinajstić information content (AvgIpc) is 3.14. The fraction of sp³-hybridized carbons (Fsp3) is 0.321. The van der Waals surface area contributed by atoms with Gasteiger partial charge >= 0.3 is 0 Å². The standard InChI is InChI=1S/C28H27FN2O4/c1-17-14-31(18(2)13-30(17)15-19-7-9-20(29)10-8-19)25(32)16-35-24-12-11-22-21-5-3-4-6-23(21)27(33)26(22)28(24)34/h3-12,17-18,24H,13-16H2,1-2H3/t17-,18+,24?/m0/s1. The molecule has 35 heavy (non-hydrogen) atoms. The number of halogens is 1. The van der Waals surface area contributed by atoms with Crippen molar-refractivity contribution < 1.29 is 23.5 Å². The molecular weight excluding hydrogens is 447 g/mol. The first kappa shape index (κ1) is 23.3. The molecule has 0 N–H and O–H groups in total. The highest BCUT2D eigenvalue weighted by molar-refractivity contribution is 6.37. The molecule has 1 amide bonds. The molecule has 1 heterocycles. The van der Waals surface area contributed by atoms with Crippen molar-refractivity contribution in [3.63, 3.8) is 0 Å². The first-order valence-corrected chi connectivity index (χ1v) is 11.8. The lowest BCUT2D eigenvalue weighted by molar-refractivity contribution is -0.145. The topological polar surface area (TPSA) is 66.9 Å². The van der Waals surface area contributed by atoms with Crippen molar-refractivity contribution in [2.24, 2.45) is 0 Å². The Morgan fingerprint density at radius 2 is 1.71 bits per heavy atom. The molecule has 2 aromatic carbocycles. The lowest BCUT2D eigenvalue weighted by Gasteiger charge is -2.44. The third-order valence-electron chi connectivity index (χ3n) is 7.02. The van der Waals surface area contributed by atoms with Crippen LogP contribution in [0.3, 0.4) is 0 Å². The maximum Gasteiger partial charge on any atom is 0.248 e. The van der Waals surface area contributed by atoms with E-state index < -0.39 is 11.9 Å². The number of amides is 1. The zero-order chi connectivity index (χ0) is 24.7. The maximum atomic E-state index is 13.2. The number of carbonyl (C=O) groups excluding carboxylic acids is 3. The Morgan fingerprint density at radius 1 is 1.00 bits per heavy atom. The molecule has 0 saturated carbocycles. The van der Waals surface area contributed by atoms with Crippen molar-refractivity contribution in [2.45, 2.75) is 38.6 Å².